The largest absolute Gasteiger partial charge is 0.459 e. The number of nitrogens with zero attached hydrogens (tertiary/aromatic N) is 2. The smallest absolute Gasteiger partial charge is 0.340 e. The van der Waals surface area contributed by atoms with Crippen LogP contribution >= 0.6 is 0 Å². The van der Waals surface area contributed by atoms with Crippen molar-refractivity contribution in [2.24, 2.45) is 0 Å². The quantitative estimate of drug-likeness (QED) is 0.473. The van der Waals surface area contributed by atoms with E-state index >= 15 is 0 Å². The van der Waals surface area contributed by atoms with Crippen molar-refractivity contribution >= 4 is 5.97 Å². The summed E-state index contributed by atoms with van der Waals surface area (Å²) in [5, 5.41) is 0. The predicted octanol–water partition coefficient (Wildman–Crippen LogP) is 4.47. The number of hydrogen-bond donors (Lipinski definition) is 0. The number of aryl methyl sites for hydroxylation is 2. The normalized spacial score (nSPS) is 11.6. The van der Waals surface area contributed by atoms with Crippen LogP contribution in [0.1, 0.15) is 30.9 Å². The molecule has 8 heteroatoms. The van der Waals surface area contributed by atoms with Gasteiger partial charge in [-0.3, -0.25) is 4.79 Å². The maximum Gasteiger partial charge on any atom is 0.340 e. The van der Waals surface area contributed by atoms with Crippen molar-refractivity contribution in [3.63, 3.8) is 0 Å². The Bertz CT molecular complexity index is 734. The van der Waals surface area contributed by atoms with Gasteiger partial charge in [-0.15, -0.1) is 0 Å². The molecular formula is C19H20F4N2O2. The Labute approximate surface area is 154 Å². The van der Waals surface area contributed by atoms with Crippen LogP contribution in [0.15, 0.2) is 36.7 Å². The Morgan fingerprint density at radius 2 is 1.70 bits per heavy atom. The molecule has 1 aromatic carbocycles. The molecule has 0 spiro atoms. The number of halogens is 4. The number of hydrogen-bond acceptors (Lipinski definition) is 4. The Kier molecular flexibility index (Phi) is 7.27. The summed E-state index contributed by atoms with van der Waals surface area (Å²) >= 11 is 0. The number of carbonyl (C=O) groups is 1. The Hall–Kier alpha value is -2.51. The lowest BCUT2D eigenvalue weighted by atomic mass is 10.1. The zero-order chi connectivity index (χ0) is 19.9. The lowest BCUT2D eigenvalue weighted by Crippen LogP contribution is -2.33. The second kappa shape index (κ2) is 9.43. The first-order chi connectivity index (χ1) is 12.8. The topological polar surface area (TPSA) is 52.1 Å². The van der Waals surface area contributed by atoms with E-state index in [1.165, 1.54) is 0 Å². The molecule has 4 nitrogen and oxygen atoms in total. The predicted molar refractivity (Wildman–Crippen MR) is 91.7 cm³/mol. The number of aromatic nitrogens is 2. The van der Waals surface area contributed by atoms with Crippen LogP contribution < -0.4 is 0 Å². The van der Waals surface area contributed by atoms with Gasteiger partial charge in [0.25, 0.3) is 0 Å². The van der Waals surface area contributed by atoms with Gasteiger partial charge in [0.1, 0.15) is 0 Å². The second-order valence-electron chi connectivity index (χ2n) is 6.08. The van der Waals surface area contributed by atoms with Gasteiger partial charge in [0.05, 0.1) is 0 Å². The van der Waals surface area contributed by atoms with E-state index in [1.54, 1.807) is 36.7 Å². The van der Waals surface area contributed by atoms with Crippen LogP contribution in [0.5, 0.6) is 0 Å². The van der Waals surface area contributed by atoms with Crippen molar-refractivity contribution in [1.82, 2.24) is 9.97 Å². The van der Waals surface area contributed by atoms with E-state index in [-0.39, 0.29) is 12.8 Å². The number of carbonyl (C=O) groups excluding carboxylic acids is 1. The molecule has 0 radical (unpaired) electrons. The van der Waals surface area contributed by atoms with Crippen molar-refractivity contribution in [3.05, 3.63) is 47.8 Å². The fourth-order valence-electron chi connectivity index (χ4n) is 2.30. The molecule has 0 amide bonds. The molecule has 0 unspecified atom stereocenters. The molecule has 1 aromatic heterocycles. The third-order valence-corrected chi connectivity index (χ3v) is 3.82. The fourth-order valence-corrected chi connectivity index (χ4v) is 2.30. The van der Waals surface area contributed by atoms with Crippen LogP contribution in [0.4, 0.5) is 17.6 Å². The summed E-state index contributed by atoms with van der Waals surface area (Å²) in [6.07, 6.45) is 1.70. The molecule has 0 aliphatic rings. The van der Waals surface area contributed by atoms with Crippen LogP contribution in [-0.2, 0) is 22.4 Å². The Morgan fingerprint density at radius 3 is 2.26 bits per heavy atom. The van der Waals surface area contributed by atoms with Gasteiger partial charge < -0.3 is 4.74 Å². The summed E-state index contributed by atoms with van der Waals surface area (Å²) in [6.45, 7) is 0.459. The van der Waals surface area contributed by atoms with Crippen molar-refractivity contribution in [3.8, 4) is 11.4 Å². The maximum absolute atomic E-state index is 12.7. The van der Waals surface area contributed by atoms with Gasteiger partial charge in [0.15, 0.2) is 12.4 Å². The van der Waals surface area contributed by atoms with E-state index in [9.17, 15) is 22.4 Å². The van der Waals surface area contributed by atoms with Gasteiger partial charge in [0.2, 0.25) is 0 Å². The van der Waals surface area contributed by atoms with E-state index < -0.39 is 24.9 Å². The monoisotopic (exact) mass is 384 g/mol. The number of alkyl halides is 4. The zero-order valence-electron chi connectivity index (χ0n) is 14.8. The van der Waals surface area contributed by atoms with Gasteiger partial charge in [0, 0.05) is 24.4 Å². The van der Waals surface area contributed by atoms with Crippen molar-refractivity contribution in [1.29, 1.82) is 0 Å². The minimum Gasteiger partial charge on any atom is -0.459 e. The molecule has 1 heterocycles. The van der Waals surface area contributed by atoms with Crippen LogP contribution in [0.3, 0.4) is 0 Å². The van der Waals surface area contributed by atoms with Gasteiger partial charge >= 0.3 is 18.3 Å². The Balaban J connectivity index is 1.85. The minimum absolute atomic E-state index is 0.180. The molecule has 146 valence electrons. The molecule has 0 N–H and O–H groups in total. The summed E-state index contributed by atoms with van der Waals surface area (Å²) in [5.41, 5.74) is 2.65. The zero-order valence-corrected chi connectivity index (χ0v) is 14.8. The van der Waals surface area contributed by atoms with Gasteiger partial charge in [-0.2, -0.15) is 8.78 Å². The number of ether oxygens (including phenoxy) is 1. The molecule has 2 aromatic rings. The van der Waals surface area contributed by atoms with Crippen molar-refractivity contribution < 1.29 is 27.1 Å². The van der Waals surface area contributed by atoms with E-state index in [0.717, 1.165) is 29.5 Å². The standard InChI is InChI=1S/C19H20F4N2O2/c1-2-3-14-10-24-17(25-11-14)15-7-4-13(5-8-15)6-9-16(26)27-12-19(22,23)18(20)21/h4-5,7-8,10-11,18H,2-3,6,9,12H2,1H3. The number of esters is 1. The average molecular weight is 384 g/mol. The molecule has 0 saturated heterocycles. The van der Waals surface area contributed by atoms with E-state index in [0.29, 0.717) is 5.82 Å². The lowest BCUT2D eigenvalue weighted by molar-refractivity contribution is -0.179. The SMILES string of the molecule is CCCc1cnc(-c2ccc(CCC(=O)OCC(F)(F)C(F)F)cc2)nc1. The molecule has 2 rings (SSSR count). The summed E-state index contributed by atoms with van der Waals surface area (Å²) in [7, 11) is 0. The van der Waals surface area contributed by atoms with E-state index in [4.69, 9.17) is 0 Å². The molecule has 0 atom stereocenters. The third-order valence-electron chi connectivity index (χ3n) is 3.82. The summed E-state index contributed by atoms with van der Waals surface area (Å²) in [4.78, 5) is 20.1. The third kappa shape index (κ3) is 6.30. The summed E-state index contributed by atoms with van der Waals surface area (Å²) < 4.78 is 53.6. The molecule has 0 aliphatic heterocycles. The first kappa shape index (κ1) is 20.8. The maximum atomic E-state index is 12.7. The Morgan fingerprint density at radius 1 is 1.07 bits per heavy atom. The van der Waals surface area contributed by atoms with E-state index in [1.807, 2.05) is 0 Å². The second-order valence-corrected chi connectivity index (χ2v) is 6.08. The van der Waals surface area contributed by atoms with Crippen molar-refractivity contribution in [2.45, 2.75) is 45.0 Å². The molecule has 0 saturated carbocycles. The minimum atomic E-state index is -4.33. The number of benzene rings is 1. The van der Waals surface area contributed by atoms with E-state index in [2.05, 4.69) is 21.6 Å². The van der Waals surface area contributed by atoms with Crippen molar-refractivity contribution in [2.75, 3.05) is 6.61 Å². The van der Waals surface area contributed by atoms with Gasteiger partial charge in [-0.25, -0.2) is 18.7 Å². The van der Waals surface area contributed by atoms with Gasteiger partial charge in [-0.05, 0) is 24.0 Å². The van der Waals surface area contributed by atoms with Crippen LogP contribution in [-0.4, -0.2) is 34.9 Å². The molecule has 0 bridgehead atoms. The highest BCUT2D eigenvalue weighted by atomic mass is 19.3. The lowest BCUT2D eigenvalue weighted by Gasteiger charge is -2.14. The summed E-state index contributed by atoms with van der Waals surface area (Å²) in [5.74, 6) is -4.70. The van der Waals surface area contributed by atoms with Crippen LogP contribution in [0.25, 0.3) is 11.4 Å². The average Bonchev–Trinajstić information content (AvgIpc) is 2.66. The molecule has 27 heavy (non-hydrogen) atoms. The molecule has 0 aliphatic carbocycles. The molecular weight excluding hydrogens is 364 g/mol. The first-order valence-electron chi connectivity index (χ1n) is 8.53. The van der Waals surface area contributed by atoms with Crippen LogP contribution in [0, 0.1) is 0 Å². The highest BCUT2D eigenvalue weighted by Gasteiger charge is 2.42. The molecule has 0 fully saturated rings. The fraction of sp³-hybridized carbons (Fsp3) is 0.421. The highest BCUT2D eigenvalue weighted by molar-refractivity contribution is 5.69. The number of rotatable bonds is 9. The first-order valence-corrected chi connectivity index (χ1v) is 8.53. The highest BCUT2D eigenvalue weighted by Crippen LogP contribution is 2.23. The van der Waals surface area contributed by atoms with Crippen LogP contribution in [0.2, 0.25) is 0 Å². The van der Waals surface area contributed by atoms with Gasteiger partial charge in [-0.1, -0.05) is 37.6 Å². The summed E-state index contributed by atoms with van der Waals surface area (Å²) in [6, 6.07) is 7.11.